The van der Waals surface area contributed by atoms with E-state index in [0.717, 1.165) is 35.0 Å². The molecule has 0 aliphatic rings. The number of halogens is 1. The van der Waals surface area contributed by atoms with E-state index in [4.69, 9.17) is 11.6 Å². The van der Waals surface area contributed by atoms with E-state index in [1.165, 1.54) is 11.3 Å². The minimum atomic E-state index is 0.182. The number of phenols is 1. The van der Waals surface area contributed by atoms with Crippen LogP contribution in [-0.2, 0) is 6.42 Å². The predicted molar refractivity (Wildman–Crippen MR) is 74.3 cm³/mol. The van der Waals surface area contributed by atoms with Crippen LogP contribution in [-0.4, -0.2) is 28.9 Å². The van der Waals surface area contributed by atoms with Crippen molar-refractivity contribution >= 4 is 22.9 Å². The molecule has 0 atom stereocenters. The molecule has 6 heteroatoms. The second-order valence-corrected chi connectivity index (χ2v) is 5.34. The first kappa shape index (κ1) is 13.3. The summed E-state index contributed by atoms with van der Waals surface area (Å²) in [5.74, 6) is 0.182. The van der Waals surface area contributed by atoms with Gasteiger partial charge in [-0.05, 0) is 38.2 Å². The van der Waals surface area contributed by atoms with Gasteiger partial charge in [0.1, 0.15) is 15.8 Å². The van der Waals surface area contributed by atoms with Gasteiger partial charge in [-0.1, -0.05) is 22.9 Å². The summed E-state index contributed by atoms with van der Waals surface area (Å²) < 4.78 is 0. The first-order valence-electron chi connectivity index (χ1n) is 5.66. The van der Waals surface area contributed by atoms with Gasteiger partial charge < -0.3 is 10.4 Å². The van der Waals surface area contributed by atoms with Crippen LogP contribution < -0.4 is 5.32 Å². The molecule has 0 bridgehead atoms. The average molecular weight is 284 g/mol. The SMILES string of the molecule is CNCCCc1nnc(-c2cc(O)ccc2Cl)s1. The van der Waals surface area contributed by atoms with Gasteiger partial charge in [0, 0.05) is 12.0 Å². The van der Waals surface area contributed by atoms with Crippen molar-refractivity contribution in [3.8, 4) is 16.3 Å². The lowest BCUT2D eigenvalue weighted by atomic mass is 10.2. The Kier molecular flexibility index (Phi) is 4.52. The molecule has 0 aliphatic heterocycles. The van der Waals surface area contributed by atoms with E-state index in [1.54, 1.807) is 18.2 Å². The lowest BCUT2D eigenvalue weighted by Crippen LogP contribution is -2.08. The van der Waals surface area contributed by atoms with Crippen molar-refractivity contribution in [1.29, 1.82) is 0 Å². The zero-order valence-corrected chi connectivity index (χ0v) is 11.6. The van der Waals surface area contributed by atoms with Crippen LogP contribution in [0.5, 0.6) is 5.75 Å². The molecule has 0 amide bonds. The van der Waals surface area contributed by atoms with E-state index in [0.29, 0.717) is 5.02 Å². The first-order chi connectivity index (χ1) is 8.70. The summed E-state index contributed by atoms with van der Waals surface area (Å²) in [6.07, 6.45) is 1.92. The fourth-order valence-electron chi connectivity index (χ4n) is 1.56. The maximum absolute atomic E-state index is 9.47. The summed E-state index contributed by atoms with van der Waals surface area (Å²) in [7, 11) is 1.93. The van der Waals surface area contributed by atoms with Crippen LogP contribution in [0.2, 0.25) is 5.02 Å². The fraction of sp³-hybridized carbons (Fsp3) is 0.333. The Morgan fingerprint density at radius 1 is 1.39 bits per heavy atom. The number of aromatic nitrogens is 2. The Labute approximate surface area is 115 Å². The average Bonchev–Trinajstić information content (AvgIpc) is 2.81. The molecule has 0 aliphatic carbocycles. The molecule has 1 heterocycles. The largest absolute Gasteiger partial charge is 0.508 e. The maximum Gasteiger partial charge on any atom is 0.149 e. The maximum atomic E-state index is 9.47. The Morgan fingerprint density at radius 2 is 2.22 bits per heavy atom. The summed E-state index contributed by atoms with van der Waals surface area (Å²) in [4.78, 5) is 0. The molecular formula is C12H14ClN3OS. The van der Waals surface area contributed by atoms with E-state index in [-0.39, 0.29) is 5.75 Å². The summed E-state index contributed by atoms with van der Waals surface area (Å²) >= 11 is 7.60. The number of nitrogens with one attached hydrogen (secondary N) is 1. The molecule has 96 valence electrons. The zero-order chi connectivity index (χ0) is 13.0. The van der Waals surface area contributed by atoms with Gasteiger partial charge in [0.25, 0.3) is 0 Å². The van der Waals surface area contributed by atoms with Crippen molar-refractivity contribution in [2.24, 2.45) is 0 Å². The van der Waals surface area contributed by atoms with Crippen molar-refractivity contribution in [2.75, 3.05) is 13.6 Å². The molecule has 0 saturated carbocycles. The van der Waals surface area contributed by atoms with Crippen LogP contribution in [0, 0.1) is 0 Å². The highest BCUT2D eigenvalue weighted by molar-refractivity contribution is 7.14. The molecule has 0 saturated heterocycles. The van der Waals surface area contributed by atoms with E-state index in [2.05, 4.69) is 15.5 Å². The Bertz CT molecular complexity index is 530. The number of rotatable bonds is 5. The predicted octanol–water partition coefficient (Wildman–Crippen LogP) is 2.72. The normalized spacial score (nSPS) is 10.8. The molecule has 4 nitrogen and oxygen atoms in total. The number of aromatic hydroxyl groups is 1. The third-order valence-corrected chi connectivity index (χ3v) is 3.81. The number of hydrogen-bond donors (Lipinski definition) is 2. The highest BCUT2D eigenvalue weighted by Gasteiger charge is 2.10. The van der Waals surface area contributed by atoms with Crippen LogP contribution in [0.1, 0.15) is 11.4 Å². The minimum absolute atomic E-state index is 0.182. The third-order valence-electron chi connectivity index (χ3n) is 2.46. The Hall–Kier alpha value is -1.17. The monoisotopic (exact) mass is 283 g/mol. The first-order valence-corrected chi connectivity index (χ1v) is 6.86. The van der Waals surface area contributed by atoms with Crippen LogP contribution in [0.25, 0.3) is 10.6 Å². The fourth-order valence-corrected chi connectivity index (χ4v) is 2.73. The summed E-state index contributed by atoms with van der Waals surface area (Å²) in [6, 6.07) is 4.83. The minimum Gasteiger partial charge on any atom is -0.508 e. The molecule has 2 rings (SSSR count). The van der Waals surface area contributed by atoms with Crippen LogP contribution in [0.3, 0.4) is 0 Å². The number of hydrogen-bond acceptors (Lipinski definition) is 5. The Balaban J connectivity index is 2.16. The molecular weight excluding hydrogens is 270 g/mol. The van der Waals surface area contributed by atoms with E-state index in [9.17, 15) is 5.11 Å². The molecule has 0 spiro atoms. The van der Waals surface area contributed by atoms with Gasteiger partial charge in [-0.3, -0.25) is 0 Å². The second kappa shape index (κ2) is 6.13. The second-order valence-electron chi connectivity index (χ2n) is 3.87. The zero-order valence-electron chi connectivity index (χ0n) is 9.98. The third kappa shape index (κ3) is 3.19. The van der Waals surface area contributed by atoms with Crippen molar-refractivity contribution < 1.29 is 5.11 Å². The van der Waals surface area contributed by atoms with Gasteiger partial charge in [0.2, 0.25) is 0 Å². The topological polar surface area (TPSA) is 58.0 Å². The molecule has 18 heavy (non-hydrogen) atoms. The van der Waals surface area contributed by atoms with Crippen molar-refractivity contribution in [3.05, 3.63) is 28.2 Å². The van der Waals surface area contributed by atoms with Gasteiger partial charge in [0.15, 0.2) is 0 Å². The van der Waals surface area contributed by atoms with Gasteiger partial charge in [0.05, 0.1) is 5.02 Å². The van der Waals surface area contributed by atoms with Crippen molar-refractivity contribution in [1.82, 2.24) is 15.5 Å². The molecule has 1 aromatic carbocycles. The summed E-state index contributed by atoms with van der Waals surface area (Å²) in [5.41, 5.74) is 0.731. The quantitative estimate of drug-likeness (QED) is 0.829. The number of aryl methyl sites for hydroxylation is 1. The lowest BCUT2D eigenvalue weighted by Gasteiger charge is -1.99. The smallest absolute Gasteiger partial charge is 0.149 e. The van der Waals surface area contributed by atoms with Crippen LogP contribution in [0.4, 0.5) is 0 Å². The summed E-state index contributed by atoms with van der Waals surface area (Å²) in [6.45, 7) is 0.960. The van der Waals surface area contributed by atoms with Gasteiger partial charge >= 0.3 is 0 Å². The Morgan fingerprint density at radius 3 is 3.00 bits per heavy atom. The van der Waals surface area contributed by atoms with E-state index >= 15 is 0 Å². The highest BCUT2D eigenvalue weighted by atomic mass is 35.5. The van der Waals surface area contributed by atoms with E-state index < -0.39 is 0 Å². The lowest BCUT2D eigenvalue weighted by molar-refractivity contribution is 0.475. The summed E-state index contributed by atoms with van der Waals surface area (Å²) in [5, 5.41) is 23.1. The molecule has 0 unspecified atom stereocenters. The number of phenolic OH excluding ortho intramolecular Hbond substituents is 1. The number of nitrogens with zero attached hydrogens (tertiary/aromatic N) is 2. The number of benzene rings is 1. The van der Waals surface area contributed by atoms with Gasteiger partial charge in [-0.2, -0.15) is 0 Å². The van der Waals surface area contributed by atoms with Crippen molar-refractivity contribution in [3.63, 3.8) is 0 Å². The molecule has 2 N–H and O–H groups in total. The molecule has 1 aromatic heterocycles. The van der Waals surface area contributed by atoms with E-state index in [1.807, 2.05) is 7.05 Å². The van der Waals surface area contributed by atoms with Gasteiger partial charge in [-0.15, -0.1) is 10.2 Å². The van der Waals surface area contributed by atoms with Crippen LogP contribution >= 0.6 is 22.9 Å². The van der Waals surface area contributed by atoms with Crippen LogP contribution in [0.15, 0.2) is 18.2 Å². The van der Waals surface area contributed by atoms with Gasteiger partial charge in [-0.25, -0.2) is 0 Å². The highest BCUT2D eigenvalue weighted by Crippen LogP contribution is 2.33. The molecule has 0 radical (unpaired) electrons. The molecule has 2 aromatic rings. The standard InChI is InChI=1S/C12H14ClN3OS/c1-14-6-2-3-11-15-16-12(18-11)9-7-8(17)4-5-10(9)13/h4-5,7,14,17H,2-3,6H2,1H3. The van der Waals surface area contributed by atoms with Crippen molar-refractivity contribution in [2.45, 2.75) is 12.8 Å². The molecule has 0 fully saturated rings.